The van der Waals surface area contributed by atoms with Gasteiger partial charge >= 0.3 is 11.8 Å². The Morgan fingerprint density at radius 3 is 2.60 bits per heavy atom. The number of nitrogens with one attached hydrogen (secondary N) is 2. The van der Waals surface area contributed by atoms with Crippen LogP contribution in [0.4, 0.5) is 0 Å². The van der Waals surface area contributed by atoms with E-state index in [4.69, 9.17) is 0 Å². The lowest BCUT2D eigenvalue weighted by molar-refractivity contribution is -0.147. The fourth-order valence-corrected chi connectivity index (χ4v) is 3.54. The van der Waals surface area contributed by atoms with Crippen LogP contribution in [0.5, 0.6) is 0 Å². The lowest BCUT2D eigenvalue weighted by atomic mass is 9.93. The minimum Gasteiger partial charge on any atom is -0.339 e. The molecule has 2 amide bonds. The van der Waals surface area contributed by atoms with Gasteiger partial charge < -0.3 is 15.5 Å². The molecule has 136 valence electrons. The number of aromatic nitrogens is 1. The van der Waals surface area contributed by atoms with Crippen molar-refractivity contribution in [2.24, 2.45) is 11.8 Å². The smallest absolute Gasteiger partial charge is 0.311 e. The van der Waals surface area contributed by atoms with Gasteiger partial charge in [0.2, 0.25) is 0 Å². The summed E-state index contributed by atoms with van der Waals surface area (Å²) in [6.07, 6.45) is 6.97. The highest BCUT2D eigenvalue weighted by molar-refractivity contribution is 6.35. The third kappa shape index (κ3) is 4.78. The van der Waals surface area contributed by atoms with Crippen LogP contribution in [0, 0.1) is 11.8 Å². The van der Waals surface area contributed by atoms with E-state index < -0.39 is 11.8 Å². The quantitative estimate of drug-likeness (QED) is 0.767. The zero-order valence-corrected chi connectivity index (χ0v) is 14.9. The molecule has 1 aromatic heterocycles. The Morgan fingerprint density at radius 1 is 1.24 bits per heavy atom. The number of carbonyl (C=O) groups excluding carboxylic acids is 2. The standard InChI is InChI=1S/C19H28N4O2/c1-20-11-7-14-8-12-23(13-9-14)19(25)18(24)22-17(15-5-6-15)16-4-2-3-10-21-16/h2-4,10,14-15,17,20H,5-9,11-13H2,1H3,(H,22,24). The molecule has 0 spiro atoms. The summed E-state index contributed by atoms with van der Waals surface area (Å²) in [5.74, 6) is 0.163. The minimum absolute atomic E-state index is 0.147. The van der Waals surface area contributed by atoms with Crippen molar-refractivity contribution >= 4 is 11.8 Å². The fraction of sp³-hybridized carbons (Fsp3) is 0.632. The van der Waals surface area contributed by atoms with Crippen molar-refractivity contribution in [3.63, 3.8) is 0 Å². The highest BCUT2D eigenvalue weighted by Crippen LogP contribution is 2.40. The normalized spacial score (nSPS) is 19.5. The first-order valence-electron chi connectivity index (χ1n) is 9.34. The van der Waals surface area contributed by atoms with Crippen molar-refractivity contribution in [3.8, 4) is 0 Å². The number of rotatable bonds is 6. The van der Waals surface area contributed by atoms with Crippen LogP contribution < -0.4 is 10.6 Å². The fourth-order valence-electron chi connectivity index (χ4n) is 3.54. The van der Waals surface area contributed by atoms with Crippen molar-refractivity contribution in [1.82, 2.24) is 20.5 Å². The molecule has 0 aromatic carbocycles. The molecule has 1 aromatic rings. The number of hydrogen-bond acceptors (Lipinski definition) is 4. The molecule has 2 aliphatic rings. The van der Waals surface area contributed by atoms with E-state index in [0.29, 0.717) is 24.9 Å². The van der Waals surface area contributed by atoms with E-state index in [9.17, 15) is 9.59 Å². The van der Waals surface area contributed by atoms with Crippen LogP contribution in [-0.2, 0) is 9.59 Å². The summed E-state index contributed by atoms with van der Waals surface area (Å²) < 4.78 is 0. The molecular formula is C19H28N4O2. The second kappa shape index (κ2) is 8.43. The van der Waals surface area contributed by atoms with E-state index in [0.717, 1.165) is 44.3 Å². The zero-order chi connectivity index (χ0) is 17.6. The maximum Gasteiger partial charge on any atom is 0.311 e. The van der Waals surface area contributed by atoms with Crippen LogP contribution >= 0.6 is 0 Å². The van der Waals surface area contributed by atoms with Gasteiger partial charge in [0.1, 0.15) is 0 Å². The highest BCUT2D eigenvalue weighted by atomic mass is 16.2. The first-order valence-corrected chi connectivity index (χ1v) is 9.34. The number of piperidine rings is 1. The number of amides is 2. The summed E-state index contributed by atoms with van der Waals surface area (Å²) in [4.78, 5) is 31.0. The molecule has 6 nitrogen and oxygen atoms in total. The molecule has 0 radical (unpaired) electrons. The molecule has 25 heavy (non-hydrogen) atoms. The van der Waals surface area contributed by atoms with Crippen molar-refractivity contribution in [2.75, 3.05) is 26.7 Å². The van der Waals surface area contributed by atoms with Gasteiger partial charge in [-0.25, -0.2) is 0 Å². The van der Waals surface area contributed by atoms with E-state index in [1.807, 2.05) is 25.2 Å². The van der Waals surface area contributed by atoms with Crippen molar-refractivity contribution < 1.29 is 9.59 Å². The molecule has 2 fully saturated rings. The molecule has 1 aliphatic carbocycles. The number of carbonyl (C=O) groups is 2. The zero-order valence-electron chi connectivity index (χ0n) is 14.9. The molecule has 0 bridgehead atoms. The average Bonchev–Trinajstić information content (AvgIpc) is 3.50. The monoisotopic (exact) mass is 344 g/mol. The van der Waals surface area contributed by atoms with Crippen LogP contribution in [0.25, 0.3) is 0 Å². The topological polar surface area (TPSA) is 74.3 Å². The van der Waals surface area contributed by atoms with Crippen molar-refractivity contribution in [1.29, 1.82) is 0 Å². The molecule has 1 saturated carbocycles. The average molecular weight is 344 g/mol. The van der Waals surface area contributed by atoms with Gasteiger partial charge in [-0.3, -0.25) is 14.6 Å². The Hall–Kier alpha value is -1.95. The van der Waals surface area contributed by atoms with Gasteiger partial charge in [0.15, 0.2) is 0 Å². The lowest BCUT2D eigenvalue weighted by Crippen LogP contribution is -2.47. The maximum absolute atomic E-state index is 12.5. The summed E-state index contributed by atoms with van der Waals surface area (Å²) in [6.45, 7) is 2.36. The van der Waals surface area contributed by atoms with Gasteiger partial charge in [0.25, 0.3) is 0 Å². The van der Waals surface area contributed by atoms with E-state index in [1.54, 1.807) is 11.1 Å². The molecule has 3 rings (SSSR count). The maximum atomic E-state index is 12.5. The molecule has 6 heteroatoms. The third-order valence-corrected chi connectivity index (χ3v) is 5.28. The van der Waals surface area contributed by atoms with E-state index in [1.165, 1.54) is 0 Å². The molecule has 2 heterocycles. The van der Waals surface area contributed by atoms with Crippen LogP contribution in [-0.4, -0.2) is 48.4 Å². The molecule has 1 atom stereocenters. The molecule has 1 unspecified atom stereocenters. The van der Waals surface area contributed by atoms with Gasteiger partial charge in [-0.05, 0) is 69.7 Å². The Kier molecular flexibility index (Phi) is 6.02. The predicted octanol–water partition coefficient (Wildman–Crippen LogP) is 1.50. The Labute approximate surface area is 149 Å². The number of hydrogen-bond donors (Lipinski definition) is 2. The van der Waals surface area contributed by atoms with Gasteiger partial charge in [-0.15, -0.1) is 0 Å². The second-order valence-electron chi connectivity index (χ2n) is 7.17. The highest BCUT2D eigenvalue weighted by Gasteiger charge is 2.36. The molecule has 1 aliphatic heterocycles. The van der Waals surface area contributed by atoms with Crippen molar-refractivity contribution in [2.45, 2.75) is 38.1 Å². The van der Waals surface area contributed by atoms with E-state index in [-0.39, 0.29) is 6.04 Å². The van der Waals surface area contributed by atoms with Crippen LogP contribution in [0.1, 0.15) is 43.8 Å². The van der Waals surface area contributed by atoms with Crippen molar-refractivity contribution in [3.05, 3.63) is 30.1 Å². The SMILES string of the molecule is CNCCC1CCN(C(=O)C(=O)NC(c2ccccn2)C2CC2)CC1. The Balaban J connectivity index is 1.53. The lowest BCUT2D eigenvalue weighted by Gasteiger charge is -2.32. The summed E-state index contributed by atoms with van der Waals surface area (Å²) in [6, 6.07) is 5.55. The minimum atomic E-state index is -0.490. The number of pyridine rings is 1. The largest absolute Gasteiger partial charge is 0.339 e. The first kappa shape index (κ1) is 17.9. The predicted molar refractivity (Wildman–Crippen MR) is 95.7 cm³/mol. The van der Waals surface area contributed by atoms with E-state index >= 15 is 0 Å². The first-order chi connectivity index (χ1) is 12.2. The number of nitrogens with zero attached hydrogens (tertiary/aromatic N) is 2. The summed E-state index contributed by atoms with van der Waals surface area (Å²) in [5, 5.41) is 6.11. The molecule has 1 saturated heterocycles. The van der Waals surface area contributed by atoms with Gasteiger partial charge in [-0.2, -0.15) is 0 Å². The molecular weight excluding hydrogens is 316 g/mol. The van der Waals surface area contributed by atoms with E-state index in [2.05, 4.69) is 15.6 Å². The Bertz CT molecular complexity index is 580. The summed E-state index contributed by atoms with van der Waals surface area (Å²) >= 11 is 0. The van der Waals surface area contributed by atoms with Gasteiger partial charge in [0.05, 0.1) is 11.7 Å². The summed E-state index contributed by atoms with van der Waals surface area (Å²) in [5.41, 5.74) is 0.844. The van der Waals surface area contributed by atoms with Crippen LogP contribution in [0.15, 0.2) is 24.4 Å². The van der Waals surface area contributed by atoms with Crippen LogP contribution in [0.2, 0.25) is 0 Å². The molecule has 2 N–H and O–H groups in total. The van der Waals surface area contributed by atoms with Crippen LogP contribution in [0.3, 0.4) is 0 Å². The Morgan fingerprint density at radius 2 is 2.00 bits per heavy atom. The van der Waals surface area contributed by atoms with Gasteiger partial charge in [0, 0.05) is 19.3 Å². The summed E-state index contributed by atoms with van der Waals surface area (Å²) in [7, 11) is 1.96. The number of likely N-dealkylation sites (tertiary alicyclic amines) is 1. The van der Waals surface area contributed by atoms with Gasteiger partial charge in [-0.1, -0.05) is 6.07 Å². The third-order valence-electron chi connectivity index (χ3n) is 5.28. The second-order valence-corrected chi connectivity index (χ2v) is 7.17.